The van der Waals surface area contributed by atoms with Crippen molar-refractivity contribution in [2.24, 2.45) is 0 Å². The average molecular weight is 332 g/mol. The minimum atomic E-state index is -0.437. The van der Waals surface area contributed by atoms with Crippen LogP contribution in [0.2, 0.25) is 0 Å². The third-order valence-corrected chi connectivity index (χ3v) is 4.58. The number of carbonyl (C=O) groups is 1. The molecule has 1 heterocycles. The zero-order valence-corrected chi connectivity index (χ0v) is 14.6. The van der Waals surface area contributed by atoms with Gasteiger partial charge in [0.25, 0.3) is 0 Å². The molecule has 5 nitrogen and oxygen atoms in total. The van der Waals surface area contributed by atoms with Crippen LogP contribution in [-0.2, 0) is 11.3 Å². The molecule has 130 valence electrons. The third kappa shape index (κ3) is 4.53. The van der Waals surface area contributed by atoms with Gasteiger partial charge in [0.2, 0.25) is 5.91 Å². The number of piperazine rings is 1. The molecular formula is C18H25FN4O. The van der Waals surface area contributed by atoms with Crippen LogP contribution in [0.4, 0.5) is 4.39 Å². The van der Waals surface area contributed by atoms with Crippen LogP contribution in [0, 0.1) is 17.1 Å². The Hall–Kier alpha value is -1.97. The van der Waals surface area contributed by atoms with E-state index in [4.69, 9.17) is 5.26 Å². The quantitative estimate of drug-likeness (QED) is 0.823. The lowest BCUT2D eigenvalue weighted by atomic mass is 10.1. The van der Waals surface area contributed by atoms with E-state index in [-0.39, 0.29) is 18.0 Å². The van der Waals surface area contributed by atoms with E-state index in [1.165, 1.54) is 6.07 Å². The zero-order chi connectivity index (χ0) is 17.7. The lowest BCUT2D eigenvalue weighted by Gasteiger charge is -2.38. The number of amides is 1. The van der Waals surface area contributed by atoms with Crippen LogP contribution in [0.3, 0.4) is 0 Å². The van der Waals surface area contributed by atoms with Crippen LogP contribution in [-0.4, -0.2) is 66.4 Å². The number of nitrogens with zero attached hydrogens (tertiary/aromatic N) is 4. The highest BCUT2D eigenvalue weighted by Crippen LogP contribution is 2.14. The first-order chi connectivity index (χ1) is 11.4. The van der Waals surface area contributed by atoms with E-state index in [1.54, 1.807) is 17.0 Å². The van der Waals surface area contributed by atoms with Gasteiger partial charge in [-0.15, -0.1) is 0 Å². The molecule has 6 heteroatoms. The van der Waals surface area contributed by atoms with Crippen molar-refractivity contribution in [3.63, 3.8) is 0 Å². The van der Waals surface area contributed by atoms with Crippen molar-refractivity contribution >= 4 is 5.91 Å². The summed E-state index contributed by atoms with van der Waals surface area (Å²) in [5.41, 5.74) is 0.729. The highest BCUT2D eigenvalue weighted by Gasteiger charge is 2.25. The van der Waals surface area contributed by atoms with Crippen molar-refractivity contribution in [3.8, 4) is 6.07 Å². The monoisotopic (exact) mass is 332 g/mol. The van der Waals surface area contributed by atoms with Gasteiger partial charge in [-0.1, -0.05) is 6.07 Å². The van der Waals surface area contributed by atoms with Gasteiger partial charge < -0.3 is 9.80 Å². The first-order valence-electron chi connectivity index (χ1n) is 8.33. The molecule has 1 atom stereocenters. The third-order valence-electron chi connectivity index (χ3n) is 4.58. The maximum Gasteiger partial charge on any atom is 0.237 e. The van der Waals surface area contributed by atoms with Crippen LogP contribution < -0.4 is 0 Å². The first-order valence-corrected chi connectivity index (χ1v) is 8.33. The summed E-state index contributed by atoms with van der Waals surface area (Å²) in [6.07, 6.45) is 0. The molecule has 1 aromatic carbocycles. The predicted octanol–water partition coefficient (Wildman–Crippen LogP) is 1.68. The van der Waals surface area contributed by atoms with E-state index >= 15 is 0 Å². The second kappa shape index (κ2) is 8.22. The molecule has 0 saturated carbocycles. The molecule has 1 saturated heterocycles. The Bertz CT molecular complexity index is 628. The topological polar surface area (TPSA) is 50.6 Å². The molecule has 1 amide bonds. The lowest BCUT2D eigenvalue weighted by Crippen LogP contribution is -2.53. The Morgan fingerprint density at radius 3 is 2.79 bits per heavy atom. The number of carbonyl (C=O) groups excluding carboxylic acids is 1. The molecule has 2 rings (SSSR count). The Kier molecular flexibility index (Phi) is 6.29. The fourth-order valence-corrected chi connectivity index (χ4v) is 3.01. The van der Waals surface area contributed by atoms with Gasteiger partial charge in [-0.25, -0.2) is 4.39 Å². The van der Waals surface area contributed by atoms with Gasteiger partial charge in [0, 0.05) is 44.3 Å². The maximum absolute atomic E-state index is 14.1. The minimum Gasteiger partial charge on any atom is -0.337 e. The van der Waals surface area contributed by atoms with Crippen molar-refractivity contribution in [3.05, 3.63) is 35.1 Å². The molecule has 0 spiro atoms. The fourth-order valence-electron chi connectivity index (χ4n) is 3.01. The number of hydrogen-bond donors (Lipinski definition) is 0. The summed E-state index contributed by atoms with van der Waals surface area (Å²) in [4.78, 5) is 18.7. The number of rotatable bonds is 5. The molecule has 1 fully saturated rings. The molecule has 0 radical (unpaired) electrons. The molecule has 0 aliphatic carbocycles. The van der Waals surface area contributed by atoms with Gasteiger partial charge in [-0.05, 0) is 33.0 Å². The van der Waals surface area contributed by atoms with Gasteiger partial charge >= 0.3 is 0 Å². The number of halogens is 1. The molecule has 0 bridgehead atoms. The Morgan fingerprint density at radius 1 is 1.46 bits per heavy atom. The second-order valence-corrected chi connectivity index (χ2v) is 6.41. The number of benzene rings is 1. The highest BCUT2D eigenvalue weighted by molar-refractivity contribution is 5.78. The summed E-state index contributed by atoms with van der Waals surface area (Å²) in [5.74, 6) is -0.425. The number of nitriles is 1. The van der Waals surface area contributed by atoms with E-state index in [2.05, 4.69) is 23.8 Å². The zero-order valence-electron chi connectivity index (χ0n) is 14.6. The van der Waals surface area contributed by atoms with Crippen LogP contribution in [0.25, 0.3) is 0 Å². The van der Waals surface area contributed by atoms with Gasteiger partial charge in [0.05, 0.1) is 18.2 Å². The Balaban J connectivity index is 2.00. The average Bonchev–Trinajstić information content (AvgIpc) is 2.56. The molecule has 0 N–H and O–H groups in total. The van der Waals surface area contributed by atoms with Crippen molar-refractivity contribution < 1.29 is 9.18 Å². The summed E-state index contributed by atoms with van der Waals surface area (Å²) in [6.45, 7) is 7.91. The smallest absolute Gasteiger partial charge is 0.237 e. The van der Waals surface area contributed by atoms with Crippen LogP contribution >= 0.6 is 0 Å². The lowest BCUT2D eigenvalue weighted by molar-refractivity contribution is -0.134. The van der Waals surface area contributed by atoms with E-state index in [0.29, 0.717) is 24.7 Å². The van der Waals surface area contributed by atoms with E-state index in [9.17, 15) is 9.18 Å². The van der Waals surface area contributed by atoms with E-state index in [1.807, 2.05) is 13.0 Å². The van der Waals surface area contributed by atoms with Crippen molar-refractivity contribution in [2.45, 2.75) is 26.4 Å². The molecule has 0 aromatic heterocycles. The summed E-state index contributed by atoms with van der Waals surface area (Å²) in [7, 11) is 2.09. The summed E-state index contributed by atoms with van der Waals surface area (Å²) >= 11 is 0. The normalized spacial score (nSPS) is 19.0. The summed E-state index contributed by atoms with van der Waals surface area (Å²) < 4.78 is 14.1. The van der Waals surface area contributed by atoms with Crippen LogP contribution in [0.1, 0.15) is 25.0 Å². The Labute approximate surface area is 143 Å². The van der Waals surface area contributed by atoms with Gasteiger partial charge in [-0.3, -0.25) is 9.69 Å². The standard InChI is InChI=1S/C18H25FN4O/c1-4-22(12-16-6-5-15(10-20)9-17(16)19)18(24)13-23-8-7-21(3)11-14(23)2/h5-6,9,14H,4,7-8,11-13H2,1-3H3/t14-/m0/s1. The Morgan fingerprint density at radius 2 is 2.21 bits per heavy atom. The van der Waals surface area contributed by atoms with E-state index < -0.39 is 5.82 Å². The maximum atomic E-state index is 14.1. The predicted molar refractivity (Wildman–Crippen MR) is 90.7 cm³/mol. The van der Waals surface area contributed by atoms with Crippen molar-refractivity contribution in [2.75, 3.05) is 39.8 Å². The molecule has 1 aliphatic heterocycles. The van der Waals surface area contributed by atoms with Crippen molar-refractivity contribution in [1.29, 1.82) is 5.26 Å². The number of likely N-dealkylation sites (N-methyl/N-ethyl adjacent to an activating group) is 2. The fraction of sp³-hybridized carbons (Fsp3) is 0.556. The van der Waals surface area contributed by atoms with E-state index in [0.717, 1.165) is 19.6 Å². The highest BCUT2D eigenvalue weighted by atomic mass is 19.1. The first kappa shape index (κ1) is 18.4. The molecule has 1 aliphatic rings. The summed E-state index contributed by atoms with van der Waals surface area (Å²) in [6, 6.07) is 6.63. The molecule has 24 heavy (non-hydrogen) atoms. The van der Waals surface area contributed by atoms with Gasteiger partial charge in [-0.2, -0.15) is 5.26 Å². The minimum absolute atomic E-state index is 0.0117. The number of hydrogen-bond acceptors (Lipinski definition) is 4. The van der Waals surface area contributed by atoms with Crippen LogP contribution in [0.5, 0.6) is 0 Å². The van der Waals surface area contributed by atoms with Gasteiger partial charge in [0.1, 0.15) is 5.82 Å². The molecular weight excluding hydrogens is 307 g/mol. The SMILES string of the molecule is CCN(Cc1ccc(C#N)cc1F)C(=O)CN1CCN(C)C[C@@H]1C. The largest absolute Gasteiger partial charge is 0.337 e. The molecule has 1 aromatic rings. The second-order valence-electron chi connectivity index (χ2n) is 6.41. The molecule has 0 unspecified atom stereocenters. The van der Waals surface area contributed by atoms with Crippen molar-refractivity contribution in [1.82, 2.24) is 14.7 Å². The van der Waals surface area contributed by atoms with Gasteiger partial charge in [0.15, 0.2) is 0 Å². The van der Waals surface area contributed by atoms with Crippen LogP contribution in [0.15, 0.2) is 18.2 Å². The summed E-state index contributed by atoms with van der Waals surface area (Å²) in [5, 5.41) is 8.80.